The third-order valence-corrected chi connectivity index (χ3v) is 2.23. The van der Waals surface area contributed by atoms with Crippen molar-refractivity contribution in [2.24, 2.45) is 0 Å². The Bertz CT molecular complexity index is 284. The number of carboxylic acids is 1. The second-order valence-corrected chi connectivity index (χ2v) is 3.12. The molecule has 0 heterocycles. The molecule has 0 aliphatic heterocycles. The summed E-state index contributed by atoms with van der Waals surface area (Å²) in [5, 5.41) is 10.5. The summed E-state index contributed by atoms with van der Waals surface area (Å²) in [6, 6.07) is 8.76. The molecule has 0 saturated heterocycles. The first kappa shape index (κ1) is 9.74. The van der Waals surface area contributed by atoms with E-state index < -0.39 is 12.0 Å². The Labute approximate surface area is 77.2 Å². The average molecular weight is 179 g/mol. The molecule has 0 aliphatic rings. The van der Waals surface area contributed by atoms with Gasteiger partial charge < -0.3 is 15.6 Å². The first-order valence-electron chi connectivity index (χ1n) is 4.22. The minimum absolute atomic E-state index is 0.105. The van der Waals surface area contributed by atoms with Gasteiger partial charge in [0.1, 0.15) is 6.04 Å². The normalized spacial score (nSPS) is 14.9. The Hall–Kier alpha value is -1.35. The molecule has 3 nitrogen and oxygen atoms in total. The predicted molar refractivity (Wildman–Crippen MR) is 46.5 cm³/mol. The molecule has 1 aromatic rings. The van der Waals surface area contributed by atoms with Gasteiger partial charge in [0.05, 0.1) is 5.97 Å². The molecule has 0 aromatic heterocycles. The van der Waals surface area contributed by atoms with Gasteiger partial charge in [-0.25, -0.2) is 0 Å². The SMILES string of the molecule is C[C@@H](c1ccccc1)[C@@H]([NH3+])C(=O)[O-]. The molecule has 13 heavy (non-hydrogen) atoms. The van der Waals surface area contributed by atoms with Crippen molar-refractivity contribution in [3.05, 3.63) is 35.9 Å². The molecule has 2 atom stereocenters. The van der Waals surface area contributed by atoms with Crippen molar-refractivity contribution >= 4 is 5.97 Å². The molecular formula is C10H13NO2. The minimum Gasteiger partial charge on any atom is -0.544 e. The average Bonchev–Trinajstić information content (AvgIpc) is 2.17. The number of carbonyl (C=O) groups excluding carboxylic acids is 1. The van der Waals surface area contributed by atoms with Crippen LogP contribution in [0.2, 0.25) is 0 Å². The zero-order valence-corrected chi connectivity index (χ0v) is 7.57. The van der Waals surface area contributed by atoms with Gasteiger partial charge in [-0.1, -0.05) is 37.3 Å². The zero-order valence-electron chi connectivity index (χ0n) is 7.57. The van der Waals surface area contributed by atoms with Crippen LogP contribution < -0.4 is 10.8 Å². The van der Waals surface area contributed by atoms with Crippen LogP contribution in [0.5, 0.6) is 0 Å². The number of quaternary nitrogens is 1. The van der Waals surface area contributed by atoms with Crippen LogP contribution in [0.3, 0.4) is 0 Å². The van der Waals surface area contributed by atoms with Crippen molar-refractivity contribution < 1.29 is 15.6 Å². The molecule has 3 N–H and O–H groups in total. The van der Waals surface area contributed by atoms with Crippen LogP contribution in [0.15, 0.2) is 30.3 Å². The van der Waals surface area contributed by atoms with Crippen LogP contribution in [0.1, 0.15) is 18.4 Å². The summed E-state index contributed by atoms with van der Waals surface area (Å²) in [6.07, 6.45) is 0. The number of carboxylic acid groups (broad SMARTS) is 1. The molecule has 70 valence electrons. The zero-order chi connectivity index (χ0) is 9.84. The van der Waals surface area contributed by atoms with E-state index in [1.54, 1.807) is 0 Å². The first-order chi connectivity index (χ1) is 6.13. The van der Waals surface area contributed by atoms with E-state index in [1.807, 2.05) is 37.3 Å². The van der Waals surface area contributed by atoms with Crippen molar-refractivity contribution in [1.29, 1.82) is 0 Å². The van der Waals surface area contributed by atoms with E-state index in [1.165, 1.54) is 0 Å². The van der Waals surface area contributed by atoms with Gasteiger partial charge >= 0.3 is 0 Å². The van der Waals surface area contributed by atoms with E-state index in [0.717, 1.165) is 5.56 Å². The lowest BCUT2D eigenvalue weighted by atomic mass is 9.94. The second kappa shape index (κ2) is 4.05. The molecule has 1 aromatic carbocycles. The van der Waals surface area contributed by atoms with Crippen LogP contribution in [0.25, 0.3) is 0 Å². The predicted octanol–water partition coefficient (Wildman–Crippen LogP) is -0.849. The summed E-state index contributed by atoms with van der Waals surface area (Å²) in [7, 11) is 0. The Morgan fingerprint density at radius 1 is 1.38 bits per heavy atom. The van der Waals surface area contributed by atoms with E-state index >= 15 is 0 Å². The maximum atomic E-state index is 10.5. The minimum atomic E-state index is -1.10. The Morgan fingerprint density at radius 3 is 2.38 bits per heavy atom. The summed E-state index contributed by atoms with van der Waals surface area (Å²) in [6.45, 7) is 1.84. The van der Waals surface area contributed by atoms with Crippen LogP contribution in [0.4, 0.5) is 0 Å². The highest BCUT2D eigenvalue weighted by atomic mass is 16.4. The fourth-order valence-electron chi connectivity index (χ4n) is 1.19. The number of carbonyl (C=O) groups is 1. The van der Waals surface area contributed by atoms with Crippen molar-refractivity contribution in [1.82, 2.24) is 0 Å². The molecule has 0 spiro atoms. The van der Waals surface area contributed by atoms with E-state index in [4.69, 9.17) is 0 Å². The van der Waals surface area contributed by atoms with Gasteiger partial charge in [0.15, 0.2) is 0 Å². The molecule has 0 amide bonds. The summed E-state index contributed by atoms with van der Waals surface area (Å²) < 4.78 is 0. The van der Waals surface area contributed by atoms with Gasteiger partial charge in [-0.2, -0.15) is 0 Å². The van der Waals surface area contributed by atoms with Crippen molar-refractivity contribution in [3.63, 3.8) is 0 Å². The van der Waals surface area contributed by atoms with E-state index in [-0.39, 0.29) is 5.92 Å². The lowest BCUT2D eigenvalue weighted by Crippen LogP contribution is -2.70. The molecule has 0 radical (unpaired) electrons. The monoisotopic (exact) mass is 179 g/mol. The maximum Gasteiger partial charge on any atom is 0.131 e. The molecule has 0 fully saturated rings. The largest absolute Gasteiger partial charge is 0.544 e. The fourth-order valence-corrected chi connectivity index (χ4v) is 1.19. The Kier molecular flexibility index (Phi) is 3.03. The second-order valence-electron chi connectivity index (χ2n) is 3.12. The van der Waals surface area contributed by atoms with Crippen molar-refractivity contribution in [2.45, 2.75) is 18.9 Å². The summed E-state index contributed by atoms with van der Waals surface area (Å²) >= 11 is 0. The number of benzene rings is 1. The number of hydrogen-bond acceptors (Lipinski definition) is 2. The number of aliphatic carboxylic acids is 1. The summed E-state index contributed by atoms with van der Waals surface area (Å²) in [5.74, 6) is -1.21. The van der Waals surface area contributed by atoms with Gasteiger partial charge in [0.2, 0.25) is 0 Å². The van der Waals surface area contributed by atoms with Crippen molar-refractivity contribution in [2.75, 3.05) is 0 Å². The third-order valence-electron chi connectivity index (χ3n) is 2.23. The standard InChI is InChI=1S/C10H13NO2/c1-7(9(11)10(12)13)8-5-3-2-4-6-8/h2-7,9H,11H2,1H3,(H,12,13)/t7-,9+/m0/s1. The highest BCUT2D eigenvalue weighted by molar-refractivity contribution is 5.70. The molecule has 0 bridgehead atoms. The van der Waals surface area contributed by atoms with Crippen molar-refractivity contribution in [3.8, 4) is 0 Å². The lowest BCUT2D eigenvalue weighted by Gasteiger charge is -2.17. The van der Waals surface area contributed by atoms with E-state index in [9.17, 15) is 9.90 Å². The van der Waals surface area contributed by atoms with Gasteiger partial charge in [0.25, 0.3) is 0 Å². The van der Waals surface area contributed by atoms with Gasteiger partial charge in [-0.3, -0.25) is 0 Å². The molecular weight excluding hydrogens is 166 g/mol. The number of rotatable bonds is 3. The highest BCUT2D eigenvalue weighted by Crippen LogP contribution is 2.15. The lowest BCUT2D eigenvalue weighted by molar-refractivity contribution is -0.441. The number of hydrogen-bond donors (Lipinski definition) is 1. The van der Waals surface area contributed by atoms with Crippen LogP contribution in [0, 0.1) is 0 Å². The Balaban J connectivity index is 2.79. The van der Waals surface area contributed by atoms with Crippen LogP contribution in [-0.2, 0) is 4.79 Å². The van der Waals surface area contributed by atoms with E-state index in [0.29, 0.717) is 0 Å². The molecule has 0 unspecified atom stereocenters. The maximum absolute atomic E-state index is 10.5. The summed E-state index contributed by atoms with van der Waals surface area (Å²) in [4.78, 5) is 10.5. The molecule has 1 rings (SSSR count). The van der Waals surface area contributed by atoms with Gasteiger partial charge in [-0.05, 0) is 5.56 Å². The van der Waals surface area contributed by atoms with E-state index in [2.05, 4.69) is 5.73 Å². The van der Waals surface area contributed by atoms with Gasteiger partial charge in [0, 0.05) is 5.92 Å². The molecule has 3 heteroatoms. The fraction of sp³-hybridized carbons (Fsp3) is 0.300. The van der Waals surface area contributed by atoms with Gasteiger partial charge in [-0.15, -0.1) is 0 Å². The smallest absolute Gasteiger partial charge is 0.131 e. The van der Waals surface area contributed by atoms with Crippen LogP contribution in [-0.4, -0.2) is 12.0 Å². The molecule has 0 aliphatic carbocycles. The quantitative estimate of drug-likeness (QED) is 0.656. The molecule has 0 saturated carbocycles. The van der Waals surface area contributed by atoms with Crippen LogP contribution >= 0.6 is 0 Å². The first-order valence-corrected chi connectivity index (χ1v) is 4.22. The Morgan fingerprint density at radius 2 is 1.92 bits per heavy atom. The summed E-state index contributed by atoms with van der Waals surface area (Å²) in [5.41, 5.74) is 4.53. The topological polar surface area (TPSA) is 67.8 Å². The third kappa shape index (κ3) is 2.29. The highest BCUT2D eigenvalue weighted by Gasteiger charge is 2.18.